The number of rotatable bonds is 4. The minimum atomic E-state index is -0.121. The number of benzene rings is 1. The second-order valence-corrected chi connectivity index (χ2v) is 3.24. The van der Waals surface area contributed by atoms with E-state index in [9.17, 15) is 5.11 Å². The summed E-state index contributed by atoms with van der Waals surface area (Å²) in [6.07, 6.45) is 1.64. The molecule has 0 radical (unpaired) electrons. The first-order chi connectivity index (χ1) is 7.17. The monoisotopic (exact) mass is 209 g/mol. The van der Waals surface area contributed by atoms with Crippen molar-refractivity contribution in [3.05, 3.63) is 23.8 Å². The molecule has 82 valence electrons. The average Bonchev–Trinajstić information content (AvgIpc) is 2.27. The van der Waals surface area contributed by atoms with Gasteiger partial charge in [-0.25, -0.2) is 0 Å². The molecular weight excluding hydrogens is 194 g/mol. The molecule has 4 nitrogen and oxygen atoms in total. The lowest BCUT2D eigenvalue weighted by molar-refractivity contribution is 0.275. The van der Waals surface area contributed by atoms with Crippen molar-refractivity contribution in [2.45, 2.75) is 13.0 Å². The van der Waals surface area contributed by atoms with E-state index >= 15 is 0 Å². The van der Waals surface area contributed by atoms with Crippen LogP contribution in [0.4, 0.5) is 0 Å². The summed E-state index contributed by atoms with van der Waals surface area (Å²) in [7, 11) is 1.49. The highest BCUT2D eigenvalue weighted by Crippen LogP contribution is 2.25. The number of aliphatic imine (C=N–C) groups is 1. The molecule has 4 heteroatoms. The second-order valence-electron chi connectivity index (χ2n) is 3.24. The summed E-state index contributed by atoms with van der Waals surface area (Å²) in [5, 5.41) is 18.1. The molecule has 1 aromatic rings. The summed E-state index contributed by atoms with van der Waals surface area (Å²) in [4.78, 5) is 4.11. The third-order valence-corrected chi connectivity index (χ3v) is 1.95. The second kappa shape index (κ2) is 5.36. The number of aromatic hydroxyl groups is 1. The van der Waals surface area contributed by atoms with Crippen molar-refractivity contribution in [1.29, 1.82) is 0 Å². The van der Waals surface area contributed by atoms with Gasteiger partial charge >= 0.3 is 0 Å². The van der Waals surface area contributed by atoms with Gasteiger partial charge in [-0.15, -0.1) is 0 Å². The number of phenolic OH excluding ortho intramolecular Hbond substituents is 1. The molecule has 0 aliphatic carbocycles. The highest BCUT2D eigenvalue weighted by atomic mass is 16.5. The Hall–Kier alpha value is -1.55. The highest BCUT2D eigenvalue weighted by Gasteiger charge is 2.01. The molecule has 0 aromatic heterocycles. The maximum Gasteiger partial charge on any atom is 0.161 e. The van der Waals surface area contributed by atoms with Gasteiger partial charge in [-0.3, -0.25) is 4.99 Å². The van der Waals surface area contributed by atoms with E-state index in [0.29, 0.717) is 5.75 Å². The number of aliphatic hydroxyl groups is 1. The van der Waals surface area contributed by atoms with Gasteiger partial charge in [0.15, 0.2) is 11.5 Å². The molecular formula is C11H15NO3. The zero-order valence-corrected chi connectivity index (χ0v) is 8.84. The Labute approximate surface area is 88.9 Å². The summed E-state index contributed by atoms with van der Waals surface area (Å²) in [5.74, 6) is 0.514. The molecule has 0 aliphatic rings. The molecule has 1 rings (SSSR count). The number of hydrogen-bond donors (Lipinski definition) is 2. The Morgan fingerprint density at radius 3 is 2.87 bits per heavy atom. The molecule has 0 amide bonds. The highest BCUT2D eigenvalue weighted by molar-refractivity contribution is 5.81. The van der Waals surface area contributed by atoms with Gasteiger partial charge in [-0.05, 0) is 30.7 Å². The largest absolute Gasteiger partial charge is 0.504 e. The first-order valence-electron chi connectivity index (χ1n) is 4.68. The third kappa shape index (κ3) is 3.25. The van der Waals surface area contributed by atoms with Crippen LogP contribution in [0.1, 0.15) is 12.5 Å². The van der Waals surface area contributed by atoms with Crippen LogP contribution in [-0.2, 0) is 0 Å². The first-order valence-corrected chi connectivity index (χ1v) is 4.68. The quantitative estimate of drug-likeness (QED) is 0.732. The SMILES string of the molecule is COc1cc(C=NC(C)CO)ccc1O. The number of hydrogen-bond acceptors (Lipinski definition) is 4. The van der Waals surface area contributed by atoms with Gasteiger partial charge in [-0.2, -0.15) is 0 Å². The van der Waals surface area contributed by atoms with Crippen molar-refractivity contribution in [3.8, 4) is 11.5 Å². The predicted octanol–water partition coefficient (Wildman–Crippen LogP) is 1.20. The van der Waals surface area contributed by atoms with Crippen molar-refractivity contribution in [2.24, 2.45) is 4.99 Å². The number of phenols is 1. The lowest BCUT2D eigenvalue weighted by Gasteiger charge is -2.04. The fourth-order valence-electron chi connectivity index (χ4n) is 1.03. The summed E-state index contributed by atoms with van der Waals surface area (Å²) >= 11 is 0. The topological polar surface area (TPSA) is 62.0 Å². The number of ether oxygens (including phenoxy) is 1. The van der Waals surface area contributed by atoms with Gasteiger partial charge in [0.05, 0.1) is 19.8 Å². The number of methoxy groups -OCH3 is 1. The Morgan fingerprint density at radius 2 is 2.27 bits per heavy atom. The van der Waals surface area contributed by atoms with E-state index in [1.165, 1.54) is 7.11 Å². The fourth-order valence-corrected chi connectivity index (χ4v) is 1.03. The Bertz CT molecular complexity index is 350. The van der Waals surface area contributed by atoms with E-state index in [1.54, 1.807) is 24.4 Å². The van der Waals surface area contributed by atoms with E-state index < -0.39 is 0 Å². The van der Waals surface area contributed by atoms with Gasteiger partial charge in [0, 0.05) is 6.21 Å². The fraction of sp³-hybridized carbons (Fsp3) is 0.364. The van der Waals surface area contributed by atoms with Crippen LogP contribution in [0.25, 0.3) is 0 Å². The predicted molar refractivity (Wildman–Crippen MR) is 58.8 cm³/mol. The van der Waals surface area contributed by atoms with Gasteiger partial charge in [0.2, 0.25) is 0 Å². The normalized spacial score (nSPS) is 13.0. The third-order valence-electron chi connectivity index (χ3n) is 1.95. The molecule has 2 N–H and O–H groups in total. The van der Waals surface area contributed by atoms with Gasteiger partial charge in [-0.1, -0.05) is 0 Å². The van der Waals surface area contributed by atoms with Crippen LogP contribution in [0.3, 0.4) is 0 Å². The van der Waals surface area contributed by atoms with Crippen LogP contribution in [0.5, 0.6) is 11.5 Å². The van der Waals surface area contributed by atoms with Crippen LogP contribution >= 0.6 is 0 Å². The minimum Gasteiger partial charge on any atom is -0.504 e. The maximum atomic E-state index is 9.35. The molecule has 0 heterocycles. The Balaban J connectivity index is 2.82. The lowest BCUT2D eigenvalue weighted by Crippen LogP contribution is -2.03. The van der Waals surface area contributed by atoms with Gasteiger partial charge in [0.1, 0.15) is 0 Å². The van der Waals surface area contributed by atoms with Crippen LogP contribution in [0.15, 0.2) is 23.2 Å². The molecule has 0 aliphatic heterocycles. The van der Waals surface area contributed by atoms with Crippen LogP contribution in [0, 0.1) is 0 Å². The first kappa shape index (κ1) is 11.5. The average molecular weight is 209 g/mol. The summed E-state index contributed by atoms with van der Waals surface area (Å²) in [6.45, 7) is 1.83. The molecule has 0 spiro atoms. The standard InChI is InChI=1S/C11H15NO3/c1-8(7-13)12-6-9-3-4-10(14)11(5-9)15-2/h3-6,8,13-14H,7H2,1-2H3. The maximum absolute atomic E-state index is 9.35. The summed E-state index contributed by atoms with van der Waals surface area (Å²) in [6, 6.07) is 4.84. The number of aliphatic hydroxyl groups excluding tert-OH is 1. The van der Waals surface area contributed by atoms with Crippen molar-refractivity contribution in [3.63, 3.8) is 0 Å². The molecule has 1 unspecified atom stereocenters. The molecule has 0 fully saturated rings. The molecule has 0 saturated heterocycles. The van der Waals surface area contributed by atoms with Crippen molar-refractivity contribution in [2.75, 3.05) is 13.7 Å². The van der Waals surface area contributed by atoms with Crippen LogP contribution < -0.4 is 4.74 Å². The summed E-state index contributed by atoms with van der Waals surface area (Å²) in [5.41, 5.74) is 0.824. The van der Waals surface area contributed by atoms with E-state index in [2.05, 4.69) is 4.99 Å². The Kier molecular flexibility index (Phi) is 4.12. The molecule has 1 aromatic carbocycles. The molecule has 0 bridgehead atoms. The number of nitrogens with zero attached hydrogens (tertiary/aromatic N) is 1. The van der Waals surface area contributed by atoms with E-state index in [4.69, 9.17) is 9.84 Å². The lowest BCUT2D eigenvalue weighted by atomic mass is 10.2. The van der Waals surface area contributed by atoms with E-state index in [0.717, 1.165) is 5.56 Å². The molecule has 1 atom stereocenters. The molecule has 0 saturated carbocycles. The van der Waals surface area contributed by atoms with Crippen LogP contribution in [-0.4, -0.2) is 36.2 Å². The zero-order chi connectivity index (χ0) is 11.3. The van der Waals surface area contributed by atoms with Crippen LogP contribution in [0.2, 0.25) is 0 Å². The zero-order valence-electron chi connectivity index (χ0n) is 8.84. The van der Waals surface area contributed by atoms with Crippen molar-refractivity contribution >= 4 is 6.21 Å². The van der Waals surface area contributed by atoms with Gasteiger partial charge < -0.3 is 14.9 Å². The molecule has 15 heavy (non-hydrogen) atoms. The minimum absolute atomic E-state index is 0.0196. The van der Waals surface area contributed by atoms with E-state index in [1.807, 2.05) is 6.92 Å². The Morgan fingerprint density at radius 1 is 1.53 bits per heavy atom. The van der Waals surface area contributed by atoms with Crippen molar-refractivity contribution < 1.29 is 14.9 Å². The van der Waals surface area contributed by atoms with Gasteiger partial charge in [0.25, 0.3) is 0 Å². The smallest absolute Gasteiger partial charge is 0.161 e. The van der Waals surface area contributed by atoms with Crippen molar-refractivity contribution in [1.82, 2.24) is 0 Å². The summed E-state index contributed by atoms with van der Waals surface area (Å²) < 4.78 is 4.96. The van der Waals surface area contributed by atoms with E-state index in [-0.39, 0.29) is 18.4 Å².